The lowest BCUT2D eigenvalue weighted by atomic mass is 9.81. The van der Waals surface area contributed by atoms with Crippen LogP contribution in [-0.4, -0.2) is 25.3 Å². The maximum Gasteiger partial charge on any atom is 0.182 e. The number of nitrogens with one attached hydrogen (secondary N) is 1. The van der Waals surface area contributed by atoms with Crippen LogP contribution in [0.1, 0.15) is 39.5 Å². The van der Waals surface area contributed by atoms with Crippen molar-refractivity contribution in [2.75, 3.05) is 25.3 Å². The summed E-state index contributed by atoms with van der Waals surface area (Å²) in [5.41, 5.74) is 9.91. The third-order valence-corrected chi connectivity index (χ3v) is 6.05. The predicted molar refractivity (Wildman–Crippen MR) is 116 cm³/mol. The predicted octanol–water partition coefficient (Wildman–Crippen LogP) is 5.11. The molecule has 3 rings (SSSR count). The molecule has 1 aliphatic rings. The van der Waals surface area contributed by atoms with Crippen LogP contribution in [0.3, 0.4) is 0 Å². The van der Waals surface area contributed by atoms with E-state index in [9.17, 15) is 5.26 Å². The van der Waals surface area contributed by atoms with Crippen LogP contribution in [0.2, 0.25) is 0 Å². The average molecular weight is 383 g/mol. The van der Waals surface area contributed by atoms with Crippen LogP contribution >= 0.6 is 10.3 Å². The van der Waals surface area contributed by atoms with Crippen molar-refractivity contribution in [3.05, 3.63) is 57.6 Å². The molecular formula is C23H30N2OS. The van der Waals surface area contributed by atoms with Crippen molar-refractivity contribution in [1.82, 2.24) is 5.32 Å². The number of hydrogen-bond acceptors (Lipinski definition) is 3. The number of nitriles is 1. The van der Waals surface area contributed by atoms with Gasteiger partial charge < -0.3 is 9.50 Å². The monoisotopic (exact) mass is 382 g/mol. The van der Waals surface area contributed by atoms with Gasteiger partial charge in [0.05, 0.1) is 0 Å². The Labute approximate surface area is 165 Å². The topological polar surface area (TPSA) is 45.0 Å². The van der Waals surface area contributed by atoms with E-state index in [-0.39, 0.29) is 0 Å². The number of fused-ring (bicyclic) bond motifs is 1. The molecule has 1 N–H and O–H groups in total. The summed E-state index contributed by atoms with van der Waals surface area (Å²) in [7, 11) is -1.27. The number of rotatable bonds is 4. The molecule has 0 saturated carbocycles. The van der Waals surface area contributed by atoms with Gasteiger partial charge in [0, 0.05) is 12.1 Å². The molecule has 4 heteroatoms. The number of aryl methyl sites for hydroxylation is 1. The summed E-state index contributed by atoms with van der Waals surface area (Å²) >= 11 is 0. The second-order valence-electron chi connectivity index (χ2n) is 8.12. The Morgan fingerprint density at radius 1 is 1.04 bits per heavy atom. The molecule has 2 aromatic rings. The van der Waals surface area contributed by atoms with E-state index >= 15 is 0 Å². The van der Waals surface area contributed by atoms with Gasteiger partial charge in [-0.3, -0.25) is 0 Å². The highest BCUT2D eigenvalue weighted by Crippen LogP contribution is 2.47. The molecule has 144 valence electrons. The first-order chi connectivity index (χ1) is 12.7. The second kappa shape index (κ2) is 7.67. The molecule has 1 unspecified atom stereocenters. The summed E-state index contributed by atoms with van der Waals surface area (Å²) in [6.45, 7) is 8.34. The zero-order chi connectivity index (χ0) is 19.8. The molecule has 0 saturated heterocycles. The second-order valence-corrected chi connectivity index (χ2v) is 11.8. The Kier molecular flexibility index (Phi) is 5.67. The van der Waals surface area contributed by atoms with E-state index in [2.05, 4.69) is 75.2 Å². The van der Waals surface area contributed by atoms with Gasteiger partial charge in [-0.2, -0.15) is 5.26 Å². The summed E-state index contributed by atoms with van der Waals surface area (Å²) in [5.74, 6) is 0. The van der Waals surface area contributed by atoms with Gasteiger partial charge in [-0.05, 0) is 85.9 Å². The fourth-order valence-corrected chi connectivity index (χ4v) is 4.72. The molecule has 0 fully saturated rings. The quantitative estimate of drug-likeness (QED) is 0.799. The molecule has 0 radical (unpaired) electrons. The van der Waals surface area contributed by atoms with Crippen LogP contribution in [-0.2, 0) is 17.1 Å². The zero-order valence-corrected chi connectivity index (χ0v) is 18.1. The molecule has 3 nitrogen and oxygen atoms in total. The molecule has 0 amide bonds. The molecule has 0 aliphatic carbocycles. The zero-order valence-electron chi connectivity index (χ0n) is 17.3. The normalized spacial score (nSPS) is 15.7. The molecule has 27 heavy (non-hydrogen) atoms. The smallest absolute Gasteiger partial charge is 0.182 e. The van der Waals surface area contributed by atoms with Crippen molar-refractivity contribution in [1.29, 1.82) is 5.26 Å². The summed E-state index contributed by atoms with van der Waals surface area (Å²) in [5, 5.41) is 13.5. The summed E-state index contributed by atoms with van der Waals surface area (Å²) < 4.78 is 6.29. The van der Waals surface area contributed by atoms with Crippen LogP contribution in [0, 0.1) is 32.1 Å². The Morgan fingerprint density at radius 2 is 1.70 bits per heavy atom. The van der Waals surface area contributed by atoms with Crippen LogP contribution in [0.25, 0.3) is 11.1 Å². The third-order valence-electron chi connectivity index (χ3n) is 5.28. The van der Waals surface area contributed by atoms with Crippen molar-refractivity contribution in [3.63, 3.8) is 0 Å². The minimum absolute atomic E-state index is 0.546. The van der Waals surface area contributed by atoms with Gasteiger partial charge in [-0.15, -0.1) is 10.3 Å². The SMILES string of the molecule is Cc1ccc(-c2c(C)c3c(c(C)c2C(C#N)OS(C)(C)C)CCNC3)cc1. The lowest BCUT2D eigenvalue weighted by molar-refractivity contribution is 0.301. The third kappa shape index (κ3) is 4.06. The van der Waals surface area contributed by atoms with Crippen molar-refractivity contribution in [2.45, 2.75) is 39.8 Å². The molecule has 1 aliphatic heterocycles. The maximum atomic E-state index is 10.0. The first-order valence-electron chi connectivity index (χ1n) is 9.41. The van der Waals surface area contributed by atoms with Gasteiger partial charge in [0.25, 0.3) is 0 Å². The number of benzene rings is 2. The summed E-state index contributed by atoms with van der Waals surface area (Å²) in [6, 6.07) is 11.1. The van der Waals surface area contributed by atoms with E-state index in [1.165, 1.54) is 33.4 Å². The fraction of sp³-hybridized carbons (Fsp3) is 0.435. The van der Waals surface area contributed by atoms with Crippen molar-refractivity contribution < 1.29 is 4.18 Å². The van der Waals surface area contributed by atoms with Crippen molar-refractivity contribution in [2.24, 2.45) is 0 Å². The first-order valence-corrected chi connectivity index (χ1v) is 12.2. The van der Waals surface area contributed by atoms with E-state index in [1.807, 2.05) is 0 Å². The summed E-state index contributed by atoms with van der Waals surface area (Å²) in [4.78, 5) is 0. The van der Waals surface area contributed by atoms with Crippen LogP contribution in [0.15, 0.2) is 24.3 Å². The molecule has 1 atom stereocenters. The molecule has 0 spiro atoms. The number of nitrogens with zero attached hydrogens (tertiary/aromatic N) is 1. The highest BCUT2D eigenvalue weighted by molar-refractivity contribution is 8.28. The Hall–Kier alpha value is -1.80. The maximum absolute atomic E-state index is 10.0. The largest absolute Gasteiger partial charge is 0.314 e. The van der Waals surface area contributed by atoms with Crippen molar-refractivity contribution in [3.8, 4) is 17.2 Å². The lowest BCUT2D eigenvalue weighted by Gasteiger charge is -2.33. The lowest BCUT2D eigenvalue weighted by Crippen LogP contribution is -2.26. The summed E-state index contributed by atoms with van der Waals surface area (Å²) in [6.07, 6.45) is 6.73. The molecule has 0 aromatic heterocycles. The Balaban J connectivity index is 2.31. The standard InChI is InChI=1S/C23H30N2OS/c1-15-7-9-18(10-8-15)22-17(3)20-14-25-12-11-19(20)16(2)23(22)21(13-24)26-27(4,5)6/h7-10,21,25H,11-12,14H2,1-6H3. The van der Waals surface area contributed by atoms with Gasteiger partial charge in [0.15, 0.2) is 6.10 Å². The first kappa shape index (κ1) is 19.9. The average Bonchev–Trinajstić information content (AvgIpc) is 2.63. The highest BCUT2D eigenvalue weighted by atomic mass is 32.3. The van der Waals surface area contributed by atoms with E-state index < -0.39 is 16.4 Å². The van der Waals surface area contributed by atoms with Crippen molar-refractivity contribution >= 4 is 10.3 Å². The van der Waals surface area contributed by atoms with Gasteiger partial charge >= 0.3 is 0 Å². The van der Waals surface area contributed by atoms with Gasteiger partial charge in [0.2, 0.25) is 0 Å². The minimum Gasteiger partial charge on any atom is -0.314 e. The van der Waals surface area contributed by atoms with Gasteiger partial charge in [-0.1, -0.05) is 29.8 Å². The van der Waals surface area contributed by atoms with Gasteiger partial charge in [0.1, 0.15) is 6.07 Å². The van der Waals surface area contributed by atoms with Crippen LogP contribution in [0.4, 0.5) is 0 Å². The molecule has 1 heterocycles. The van der Waals surface area contributed by atoms with E-state index in [1.54, 1.807) is 0 Å². The highest BCUT2D eigenvalue weighted by Gasteiger charge is 2.28. The molecule has 0 bridgehead atoms. The van der Waals surface area contributed by atoms with E-state index in [0.29, 0.717) is 0 Å². The van der Waals surface area contributed by atoms with E-state index in [0.717, 1.165) is 30.6 Å². The number of hydrogen-bond donors (Lipinski definition) is 1. The fourth-order valence-electron chi connectivity index (χ4n) is 4.00. The van der Waals surface area contributed by atoms with Crippen LogP contribution < -0.4 is 5.32 Å². The Morgan fingerprint density at radius 3 is 2.30 bits per heavy atom. The molecular weight excluding hydrogens is 352 g/mol. The van der Waals surface area contributed by atoms with Crippen LogP contribution in [0.5, 0.6) is 0 Å². The Bertz CT molecular complexity index is 889. The molecule has 2 aromatic carbocycles. The minimum atomic E-state index is -1.27. The van der Waals surface area contributed by atoms with E-state index in [4.69, 9.17) is 4.18 Å². The van der Waals surface area contributed by atoms with Gasteiger partial charge in [-0.25, -0.2) is 0 Å².